The second-order valence-electron chi connectivity index (χ2n) is 2.89. The van der Waals surface area contributed by atoms with Gasteiger partial charge < -0.3 is 11.8 Å². The zero-order valence-electron chi connectivity index (χ0n) is 7.55. The van der Waals surface area contributed by atoms with Crippen molar-refractivity contribution in [1.82, 2.24) is 0 Å². The van der Waals surface area contributed by atoms with Crippen molar-refractivity contribution in [1.29, 1.82) is 0 Å². The van der Waals surface area contributed by atoms with Crippen molar-refractivity contribution in [3.8, 4) is 0 Å². The van der Waals surface area contributed by atoms with Gasteiger partial charge in [0.25, 0.3) is 0 Å². The molecule has 66 valence electrons. The van der Waals surface area contributed by atoms with E-state index in [9.17, 15) is 0 Å². The first-order valence-electron chi connectivity index (χ1n) is 4.12. The van der Waals surface area contributed by atoms with E-state index in [0.29, 0.717) is 0 Å². The van der Waals surface area contributed by atoms with Crippen LogP contribution in [0.4, 0.5) is 0 Å². The Kier molecular flexibility index (Phi) is 7.84. The number of thioether (sulfide) groups is 1. The molecule has 0 aliphatic heterocycles. The largest absolute Gasteiger partial charge is 0.351 e. The Morgan fingerprint density at radius 2 is 2.50 bits per heavy atom. The molecule has 0 aromatic carbocycles. The maximum Gasteiger partial charge on any atom is 0 e. The molecule has 1 rings (SSSR count). The molecular formula is C10H15SU-. The Labute approximate surface area is 104 Å². The summed E-state index contributed by atoms with van der Waals surface area (Å²) in [6, 6.07) is 0. The third-order valence-electron chi connectivity index (χ3n) is 1.72. The van der Waals surface area contributed by atoms with Crippen molar-refractivity contribution in [3.05, 3.63) is 30.1 Å². The van der Waals surface area contributed by atoms with E-state index in [-0.39, 0.29) is 31.1 Å². The smallest absolute Gasteiger partial charge is 0 e. The summed E-state index contributed by atoms with van der Waals surface area (Å²) in [4.78, 5) is 0. The van der Waals surface area contributed by atoms with E-state index in [4.69, 9.17) is 0 Å². The van der Waals surface area contributed by atoms with Crippen LogP contribution in [0.5, 0.6) is 0 Å². The predicted octanol–water partition coefficient (Wildman–Crippen LogP) is 3.42. The molecule has 0 fully saturated rings. The molecule has 0 unspecified atom stereocenters. The van der Waals surface area contributed by atoms with Crippen LogP contribution >= 0.6 is 11.8 Å². The SMILES string of the molecule is C=C1C=C[C@@H](CS[CH-]CC)C1.[U]. The average Bonchev–Trinajstić information content (AvgIpc) is 2.37. The average molecular weight is 405 g/mol. The van der Waals surface area contributed by atoms with Crippen molar-refractivity contribution in [2.45, 2.75) is 19.8 Å². The molecule has 2 heteroatoms. The predicted molar refractivity (Wildman–Crippen MR) is 53.4 cm³/mol. The van der Waals surface area contributed by atoms with Gasteiger partial charge in [-0.15, -0.1) is 0 Å². The quantitative estimate of drug-likeness (QED) is 0.510. The van der Waals surface area contributed by atoms with Gasteiger partial charge >= 0.3 is 0 Å². The van der Waals surface area contributed by atoms with Crippen LogP contribution in [0.25, 0.3) is 0 Å². The molecule has 0 heterocycles. The van der Waals surface area contributed by atoms with Gasteiger partial charge in [-0.05, 0) is 18.1 Å². The molecule has 12 heavy (non-hydrogen) atoms. The van der Waals surface area contributed by atoms with Crippen molar-refractivity contribution in [2.24, 2.45) is 5.92 Å². The van der Waals surface area contributed by atoms with Gasteiger partial charge in [0.15, 0.2) is 0 Å². The van der Waals surface area contributed by atoms with Crippen LogP contribution in [-0.2, 0) is 0 Å². The minimum Gasteiger partial charge on any atom is -0.351 e. The molecule has 1 aliphatic rings. The molecule has 1 atom stereocenters. The van der Waals surface area contributed by atoms with Gasteiger partial charge in [-0.1, -0.05) is 31.2 Å². The van der Waals surface area contributed by atoms with E-state index < -0.39 is 0 Å². The van der Waals surface area contributed by atoms with Gasteiger partial charge in [-0.2, -0.15) is 6.42 Å². The molecule has 1 aliphatic carbocycles. The standard InChI is InChI=1S/C10H15S.U/c1-3-6-11-8-10-5-4-9(2)7-10;/h4-6,10H,2-3,7-8H2,1H3;/q-1;/t10-;/m1./s1. The molecule has 0 radical (unpaired) electrons. The van der Waals surface area contributed by atoms with Gasteiger partial charge in [0, 0.05) is 31.1 Å². The van der Waals surface area contributed by atoms with Gasteiger partial charge in [0.1, 0.15) is 0 Å². The van der Waals surface area contributed by atoms with E-state index in [1.165, 1.54) is 24.2 Å². The molecule has 0 bridgehead atoms. The third kappa shape index (κ3) is 4.80. The fraction of sp³-hybridized carbons (Fsp3) is 0.500. The van der Waals surface area contributed by atoms with Crippen LogP contribution in [0.15, 0.2) is 24.3 Å². The zero-order chi connectivity index (χ0) is 8.10. The van der Waals surface area contributed by atoms with Crippen LogP contribution in [0.1, 0.15) is 19.8 Å². The van der Waals surface area contributed by atoms with Gasteiger partial charge in [-0.3, -0.25) is 5.75 Å². The molecule has 0 nitrogen and oxygen atoms in total. The monoisotopic (exact) mass is 405 g/mol. The van der Waals surface area contributed by atoms with Crippen LogP contribution in [0, 0.1) is 42.8 Å². The summed E-state index contributed by atoms with van der Waals surface area (Å²) in [5.74, 6) is 4.24. The fourth-order valence-corrected chi connectivity index (χ4v) is 2.02. The minimum atomic E-state index is 0. The van der Waals surface area contributed by atoms with E-state index in [2.05, 4.69) is 31.4 Å². The summed E-state index contributed by atoms with van der Waals surface area (Å²) in [6.07, 6.45) is 6.77. The first kappa shape index (κ1) is 12.9. The number of rotatable bonds is 4. The zero-order valence-corrected chi connectivity index (χ0v) is 12.5. The second-order valence-corrected chi connectivity index (χ2v) is 3.89. The fourth-order valence-electron chi connectivity index (χ4n) is 1.17. The molecule has 0 spiro atoms. The van der Waals surface area contributed by atoms with Crippen molar-refractivity contribution in [2.75, 3.05) is 5.75 Å². The second kappa shape index (κ2) is 7.30. The number of allylic oxidation sites excluding steroid dienone is 3. The van der Waals surface area contributed by atoms with Gasteiger partial charge in [0.2, 0.25) is 0 Å². The molecule has 0 aromatic rings. The third-order valence-corrected chi connectivity index (χ3v) is 2.91. The van der Waals surface area contributed by atoms with Crippen LogP contribution in [0.2, 0.25) is 0 Å². The molecular weight excluding hydrogens is 390 g/mol. The van der Waals surface area contributed by atoms with Gasteiger partial charge in [0.05, 0.1) is 0 Å². The minimum absolute atomic E-state index is 0. The topological polar surface area (TPSA) is 0 Å². The molecule has 0 aromatic heterocycles. The van der Waals surface area contributed by atoms with Crippen LogP contribution in [-0.4, -0.2) is 5.75 Å². The molecule has 0 saturated carbocycles. The van der Waals surface area contributed by atoms with Crippen LogP contribution in [0.3, 0.4) is 0 Å². The van der Waals surface area contributed by atoms with Crippen LogP contribution < -0.4 is 0 Å². The summed E-state index contributed by atoms with van der Waals surface area (Å²) in [7, 11) is 0. The van der Waals surface area contributed by atoms with Crippen molar-refractivity contribution < 1.29 is 31.1 Å². The summed E-state index contributed by atoms with van der Waals surface area (Å²) >= 11 is 1.94. The van der Waals surface area contributed by atoms with Crippen molar-refractivity contribution in [3.63, 3.8) is 0 Å². The first-order chi connectivity index (χ1) is 5.33. The Morgan fingerprint density at radius 1 is 1.75 bits per heavy atom. The Hall–Kier alpha value is 0.882. The van der Waals surface area contributed by atoms with E-state index in [0.717, 1.165) is 5.92 Å². The summed E-state index contributed by atoms with van der Waals surface area (Å²) in [6.45, 7) is 6.10. The van der Waals surface area contributed by atoms with E-state index in [1.807, 2.05) is 11.8 Å². The van der Waals surface area contributed by atoms with Crippen molar-refractivity contribution >= 4 is 11.8 Å². The van der Waals surface area contributed by atoms with E-state index >= 15 is 0 Å². The molecule has 0 N–H and O–H groups in total. The summed E-state index contributed by atoms with van der Waals surface area (Å²) in [5.41, 5.74) is 1.28. The Bertz CT molecular complexity index is 163. The molecule has 0 amide bonds. The normalized spacial score (nSPS) is 21.1. The molecule has 0 saturated heterocycles. The number of hydrogen-bond donors (Lipinski definition) is 0. The van der Waals surface area contributed by atoms with E-state index in [1.54, 1.807) is 0 Å². The van der Waals surface area contributed by atoms with Gasteiger partial charge in [-0.25, -0.2) is 0 Å². The number of hydrogen-bond acceptors (Lipinski definition) is 1. The summed E-state index contributed by atoms with van der Waals surface area (Å²) < 4.78 is 0. The first-order valence-corrected chi connectivity index (χ1v) is 5.17. The maximum absolute atomic E-state index is 3.93. The maximum atomic E-state index is 3.93. The summed E-state index contributed by atoms with van der Waals surface area (Å²) in [5, 5.41) is 0. The Morgan fingerprint density at radius 3 is 3.00 bits per heavy atom. The Balaban J connectivity index is 0.00000121.